The van der Waals surface area contributed by atoms with Gasteiger partial charge in [-0.05, 0) is 11.6 Å². The van der Waals surface area contributed by atoms with Crippen LogP contribution in [0.1, 0.15) is 5.56 Å². The fourth-order valence-corrected chi connectivity index (χ4v) is 3.63. The van der Waals surface area contributed by atoms with E-state index < -0.39 is 0 Å². The number of likely N-dealkylation sites (N-methyl/N-ethyl adjacent to an activating group) is 1. The van der Waals surface area contributed by atoms with Crippen LogP contribution in [0.5, 0.6) is 0 Å². The maximum atomic E-state index is 12.8. The van der Waals surface area contributed by atoms with Crippen molar-refractivity contribution in [1.82, 2.24) is 9.80 Å². The predicted molar refractivity (Wildman–Crippen MR) is 96.8 cm³/mol. The maximum Gasteiger partial charge on any atom is 0.262 e. The molecule has 1 saturated heterocycles. The summed E-state index contributed by atoms with van der Waals surface area (Å²) in [6.07, 6.45) is 3.79. The molecule has 4 nitrogen and oxygen atoms in total. The van der Waals surface area contributed by atoms with Crippen molar-refractivity contribution in [1.29, 1.82) is 0 Å². The Morgan fingerprint density at radius 1 is 1.35 bits per heavy atom. The Balaban J connectivity index is 1.74. The molecule has 120 valence electrons. The molecule has 0 atom stereocenters. The van der Waals surface area contributed by atoms with E-state index in [1.54, 1.807) is 16.7 Å². The predicted octanol–water partition coefficient (Wildman–Crippen LogP) is 2.78. The molecule has 2 aliphatic heterocycles. The Labute approximate surface area is 145 Å². The largest absolute Gasteiger partial charge is 0.487 e. The van der Waals surface area contributed by atoms with Crippen LogP contribution in [-0.4, -0.2) is 45.9 Å². The van der Waals surface area contributed by atoms with Crippen LogP contribution in [0.3, 0.4) is 0 Å². The van der Waals surface area contributed by atoms with Crippen molar-refractivity contribution in [2.75, 3.05) is 25.9 Å². The quantitative estimate of drug-likeness (QED) is 0.783. The van der Waals surface area contributed by atoms with Crippen LogP contribution in [0.2, 0.25) is 0 Å². The molecular formula is C17H18N2O2S2. The number of hydrogen-bond acceptors (Lipinski definition) is 5. The summed E-state index contributed by atoms with van der Waals surface area (Å²) >= 11 is 6.81. The van der Waals surface area contributed by atoms with Gasteiger partial charge >= 0.3 is 0 Å². The third kappa shape index (κ3) is 3.76. The van der Waals surface area contributed by atoms with Crippen LogP contribution in [0.25, 0.3) is 0 Å². The van der Waals surface area contributed by atoms with E-state index in [9.17, 15) is 4.79 Å². The van der Waals surface area contributed by atoms with E-state index in [2.05, 4.69) is 0 Å². The number of thioether (sulfide) groups is 1. The van der Waals surface area contributed by atoms with Gasteiger partial charge in [-0.1, -0.05) is 54.3 Å². The summed E-state index contributed by atoms with van der Waals surface area (Å²) in [5.41, 5.74) is 1.67. The van der Waals surface area contributed by atoms with Crippen LogP contribution in [-0.2, 0) is 16.1 Å². The third-order valence-electron chi connectivity index (χ3n) is 3.66. The van der Waals surface area contributed by atoms with E-state index in [0.29, 0.717) is 35.3 Å². The first-order valence-corrected chi connectivity index (χ1v) is 8.82. The molecule has 2 aliphatic rings. The van der Waals surface area contributed by atoms with Gasteiger partial charge < -0.3 is 9.64 Å². The molecule has 6 heteroatoms. The van der Waals surface area contributed by atoms with E-state index in [-0.39, 0.29) is 5.91 Å². The number of thiocarbonyl (C=S) groups is 1. The molecule has 0 aromatic heterocycles. The highest BCUT2D eigenvalue weighted by Crippen LogP contribution is 2.25. The molecule has 0 spiro atoms. The molecule has 1 amide bonds. The van der Waals surface area contributed by atoms with Crippen molar-refractivity contribution in [3.63, 3.8) is 0 Å². The first kappa shape index (κ1) is 16.1. The van der Waals surface area contributed by atoms with Gasteiger partial charge in [0.25, 0.3) is 5.91 Å². The number of carbonyl (C=O) groups excluding carboxylic acids is 1. The Morgan fingerprint density at radius 3 is 2.83 bits per heavy atom. The third-order valence-corrected chi connectivity index (χ3v) is 5.09. The molecule has 1 aromatic rings. The van der Waals surface area contributed by atoms with Crippen molar-refractivity contribution in [2.45, 2.75) is 6.61 Å². The zero-order valence-electron chi connectivity index (χ0n) is 12.9. The summed E-state index contributed by atoms with van der Waals surface area (Å²) in [5, 5.41) is 0. The van der Waals surface area contributed by atoms with Gasteiger partial charge in [0.15, 0.2) is 0 Å². The highest BCUT2D eigenvalue weighted by molar-refractivity contribution is 8.23. The maximum absolute atomic E-state index is 12.8. The second-order valence-electron chi connectivity index (χ2n) is 5.40. The number of hydrogen-bond donors (Lipinski definition) is 0. The van der Waals surface area contributed by atoms with Crippen LogP contribution in [0, 0.1) is 0 Å². The smallest absolute Gasteiger partial charge is 0.262 e. The fraction of sp³-hybridized carbons (Fsp3) is 0.294. The zero-order valence-corrected chi connectivity index (χ0v) is 14.5. The van der Waals surface area contributed by atoms with Gasteiger partial charge in [0.05, 0.1) is 5.57 Å². The highest BCUT2D eigenvalue weighted by Gasteiger charge is 2.30. The molecular weight excluding hydrogens is 328 g/mol. The Bertz CT molecular complexity index is 670. The van der Waals surface area contributed by atoms with Crippen molar-refractivity contribution >= 4 is 34.2 Å². The average molecular weight is 346 g/mol. The number of amides is 1. The van der Waals surface area contributed by atoms with Crippen LogP contribution in [0.15, 0.2) is 53.9 Å². The molecule has 2 heterocycles. The lowest BCUT2D eigenvalue weighted by Crippen LogP contribution is -2.34. The van der Waals surface area contributed by atoms with E-state index in [1.165, 1.54) is 0 Å². The van der Waals surface area contributed by atoms with E-state index in [1.807, 2.05) is 54.6 Å². The van der Waals surface area contributed by atoms with Gasteiger partial charge in [-0.15, -0.1) is 0 Å². The fourth-order valence-electron chi connectivity index (χ4n) is 2.42. The van der Waals surface area contributed by atoms with E-state index >= 15 is 0 Å². The van der Waals surface area contributed by atoms with Crippen LogP contribution < -0.4 is 0 Å². The molecule has 0 N–H and O–H groups in total. The molecule has 1 aromatic carbocycles. The molecule has 0 unspecified atom stereocenters. The lowest BCUT2D eigenvalue weighted by Gasteiger charge is -2.25. The van der Waals surface area contributed by atoms with Crippen LogP contribution in [0.4, 0.5) is 0 Å². The van der Waals surface area contributed by atoms with Crippen molar-refractivity contribution < 1.29 is 9.53 Å². The van der Waals surface area contributed by atoms with Gasteiger partial charge in [0.2, 0.25) is 0 Å². The minimum atomic E-state index is -0.0626. The normalized spacial score (nSPS) is 17.9. The molecule has 0 bridgehead atoms. The Kier molecular flexibility index (Phi) is 5.03. The number of carbonyl (C=O) groups is 1. The summed E-state index contributed by atoms with van der Waals surface area (Å²) in [7, 11) is 1.96. The number of nitrogens with zero attached hydrogens (tertiary/aromatic N) is 2. The molecule has 0 aliphatic carbocycles. The number of ether oxygens (including phenoxy) is 1. The zero-order chi connectivity index (χ0) is 16.2. The number of rotatable bonds is 4. The van der Waals surface area contributed by atoms with Gasteiger partial charge in [-0.2, -0.15) is 0 Å². The van der Waals surface area contributed by atoms with Crippen molar-refractivity contribution in [2.24, 2.45) is 0 Å². The van der Waals surface area contributed by atoms with Crippen molar-refractivity contribution in [3.05, 3.63) is 59.5 Å². The number of benzene rings is 1. The highest BCUT2D eigenvalue weighted by atomic mass is 32.2. The summed E-state index contributed by atoms with van der Waals surface area (Å²) in [4.78, 5) is 16.4. The summed E-state index contributed by atoms with van der Waals surface area (Å²) < 4.78 is 6.57. The summed E-state index contributed by atoms with van der Waals surface area (Å²) in [6.45, 7) is 1.79. The Hall–Kier alpha value is -1.79. The topological polar surface area (TPSA) is 32.8 Å². The van der Waals surface area contributed by atoms with Crippen molar-refractivity contribution in [3.8, 4) is 0 Å². The second-order valence-corrected chi connectivity index (χ2v) is 7.12. The lowest BCUT2D eigenvalue weighted by molar-refractivity contribution is -0.123. The SMILES string of the molecule is CN1C=C(OCc2ccccc2)C(C(=O)N2CCSC2=S)=CC1. The monoisotopic (exact) mass is 346 g/mol. The minimum absolute atomic E-state index is 0.0626. The Morgan fingerprint density at radius 2 is 2.13 bits per heavy atom. The molecule has 0 radical (unpaired) electrons. The summed E-state index contributed by atoms with van der Waals surface area (Å²) in [6, 6.07) is 9.93. The second kappa shape index (κ2) is 7.19. The summed E-state index contributed by atoms with van der Waals surface area (Å²) in [5.74, 6) is 1.40. The first-order chi connectivity index (χ1) is 11.1. The molecule has 23 heavy (non-hydrogen) atoms. The minimum Gasteiger partial charge on any atom is -0.487 e. The van der Waals surface area contributed by atoms with Crippen LogP contribution >= 0.6 is 24.0 Å². The lowest BCUT2D eigenvalue weighted by atomic mass is 10.1. The van der Waals surface area contributed by atoms with E-state index in [0.717, 1.165) is 11.3 Å². The average Bonchev–Trinajstić information content (AvgIpc) is 2.99. The van der Waals surface area contributed by atoms with E-state index in [4.69, 9.17) is 17.0 Å². The molecule has 0 saturated carbocycles. The van der Waals surface area contributed by atoms with Gasteiger partial charge in [-0.3, -0.25) is 9.69 Å². The van der Waals surface area contributed by atoms with Gasteiger partial charge in [-0.25, -0.2) is 0 Å². The van der Waals surface area contributed by atoms with Gasteiger partial charge in [0, 0.05) is 32.1 Å². The van der Waals surface area contributed by atoms with Gasteiger partial charge in [0.1, 0.15) is 16.7 Å². The standard InChI is InChI=1S/C17H18N2O2S2/c1-18-8-7-14(16(20)19-9-10-23-17(19)22)15(11-18)21-12-13-5-3-2-4-6-13/h2-7,11H,8-10,12H2,1H3. The molecule has 1 fully saturated rings. The molecule has 3 rings (SSSR count). The first-order valence-electron chi connectivity index (χ1n) is 7.43.